The van der Waals surface area contributed by atoms with Crippen LogP contribution < -0.4 is 5.73 Å². The molecule has 0 radical (unpaired) electrons. The summed E-state index contributed by atoms with van der Waals surface area (Å²) in [5.41, 5.74) is 8.15. The number of benzene rings is 2. The number of hydrogen-bond donors (Lipinski definition) is 2. The molecule has 0 fully saturated rings. The molecule has 110 valence electrons. The summed E-state index contributed by atoms with van der Waals surface area (Å²) < 4.78 is 29.7. The molecule has 21 heavy (non-hydrogen) atoms. The summed E-state index contributed by atoms with van der Waals surface area (Å²) in [7, 11) is -4.06. The second kappa shape index (κ2) is 7.42. The van der Waals surface area contributed by atoms with Crippen molar-refractivity contribution in [2.24, 2.45) is 0 Å². The van der Waals surface area contributed by atoms with Gasteiger partial charge in [0.2, 0.25) is 0 Å². The van der Waals surface area contributed by atoms with Gasteiger partial charge in [0, 0.05) is 5.69 Å². The number of nitrogens with two attached hydrogens (primary N) is 1. The molecule has 0 aliphatic rings. The van der Waals surface area contributed by atoms with E-state index in [4.69, 9.17) is 10.3 Å². The predicted octanol–water partition coefficient (Wildman–Crippen LogP) is 3.49. The van der Waals surface area contributed by atoms with E-state index in [9.17, 15) is 8.42 Å². The molecule has 0 aromatic heterocycles. The van der Waals surface area contributed by atoms with Crippen LogP contribution in [0.1, 0.15) is 11.1 Å². The fourth-order valence-electron chi connectivity index (χ4n) is 1.41. The van der Waals surface area contributed by atoms with Crippen molar-refractivity contribution >= 4 is 28.0 Å². The first-order valence-corrected chi connectivity index (χ1v) is 7.49. The minimum absolute atomic E-state index is 0.104. The van der Waals surface area contributed by atoms with Crippen molar-refractivity contribution in [3.05, 3.63) is 72.8 Å². The van der Waals surface area contributed by atoms with Gasteiger partial charge in [-0.15, -0.1) is 0 Å². The van der Waals surface area contributed by atoms with E-state index < -0.39 is 10.1 Å². The molecule has 0 atom stereocenters. The lowest BCUT2D eigenvalue weighted by atomic mass is 10.2. The molecule has 5 heteroatoms. The van der Waals surface area contributed by atoms with E-state index in [1.807, 2.05) is 24.3 Å². The van der Waals surface area contributed by atoms with Gasteiger partial charge in [0.25, 0.3) is 10.1 Å². The van der Waals surface area contributed by atoms with E-state index in [0.29, 0.717) is 0 Å². The van der Waals surface area contributed by atoms with Crippen LogP contribution in [0.4, 0.5) is 5.69 Å². The zero-order valence-corrected chi connectivity index (χ0v) is 12.3. The van der Waals surface area contributed by atoms with Crippen molar-refractivity contribution in [1.82, 2.24) is 0 Å². The lowest BCUT2D eigenvalue weighted by Gasteiger charge is -1.96. The monoisotopic (exact) mass is 303 g/mol. The molecular formula is C16H17NO3S. The summed E-state index contributed by atoms with van der Waals surface area (Å²) in [6, 6.07) is 13.4. The van der Waals surface area contributed by atoms with Crippen LogP contribution in [0, 0.1) is 0 Å². The van der Waals surface area contributed by atoms with Crippen molar-refractivity contribution in [3.63, 3.8) is 0 Å². The molecule has 3 N–H and O–H groups in total. The normalized spacial score (nSPS) is 10.1. The van der Waals surface area contributed by atoms with Crippen LogP contribution >= 0.6 is 0 Å². The average molecular weight is 303 g/mol. The van der Waals surface area contributed by atoms with Gasteiger partial charge in [0.1, 0.15) is 0 Å². The maximum Gasteiger partial charge on any atom is 0.294 e. The minimum atomic E-state index is -4.06. The third-order valence-corrected chi connectivity index (χ3v) is 3.45. The predicted molar refractivity (Wildman–Crippen MR) is 87.3 cm³/mol. The average Bonchev–Trinajstić information content (AvgIpc) is 2.48. The lowest BCUT2D eigenvalue weighted by Crippen LogP contribution is -1.96. The first-order valence-electron chi connectivity index (χ1n) is 6.05. The SMILES string of the molecule is C=Cc1ccc(N)cc1.C=Cc1ccc(S(=O)(=O)O)cc1. The largest absolute Gasteiger partial charge is 0.399 e. The van der Waals surface area contributed by atoms with Gasteiger partial charge in [-0.05, 0) is 35.4 Å². The Morgan fingerprint density at radius 1 is 0.857 bits per heavy atom. The van der Waals surface area contributed by atoms with Gasteiger partial charge < -0.3 is 5.73 Å². The molecule has 0 aliphatic carbocycles. The zero-order chi connectivity index (χ0) is 15.9. The molecule has 0 amide bonds. The molecule has 0 bridgehead atoms. The van der Waals surface area contributed by atoms with Crippen LogP contribution in [-0.2, 0) is 10.1 Å². The highest BCUT2D eigenvalue weighted by molar-refractivity contribution is 7.85. The molecule has 2 aromatic rings. The van der Waals surface area contributed by atoms with Crippen molar-refractivity contribution < 1.29 is 13.0 Å². The first kappa shape index (κ1) is 16.7. The maximum atomic E-state index is 10.6. The molecule has 2 rings (SSSR count). The molecule has 0 aliphatic heterocycles. The van der Waals surface area contributed by atoms with E-state index in [1.165, 1.54) is 12.1 Å². The second-order valence-electron chi connectivity index (χ2n) is 4.12. The highest BCUT2D eigenvalue weighted by Gasteiger charge is 2.07. The Bertz CT molecular complexity index is 702. The molecule has 0 spiro atoms. The lowest BCUT2D eigenvalue weighted by molar-refractivity contribution is 0.483. The highest BCUT2D eigenvalue weighted by Crippen LogP contribution is 2.10. The fourth-order valence-corrected chi connectivity index (χ4v) is 1.89. The molecular weight excluding hydrogens is 286 g/mol. The van der Waals surface area contributed by atoms with Gasteiger partial charge in [0.05, 0.1) is 4.90 Å². The van der Waals surface area contributed by atoms with E-state index in [0.717, 1.165) is 16.8 Å². The van der Waals surface area contributed by atoms with Crippen molar-refractivity contribution in [2.45, 2.75) is 4.90 Å². The van der Waals surface area contributed by atoms with Gasteiger partial charge in [-0.3, -0.25) is 4.55 Å². The van der Waals surface area contributed by atoms with E-state index >= 15 is 0 Å². The van der Waals surface area contributed by atoms with E-state index in [2.05, 4.69) is 13.2 Å². The summed E-state index contributed by atoms with van der Waals surface area (Å²) in [6.45, 7) is 7.13. The Morgan fingerprint density at radius 2 is 1.24 bits per heavy atom. The van der Waals surface area contributed by atoms with Crippen LogP contribution in [0.3, 0.4) is 0 Å². The quantitative estimate of drug-likeness (QED) is 0.672. The molecule has 4 nitrogen and oxygen atoms in total. The van der Waals surface area contributed by atoms with Gasteiger partial charge in [-0.1, -0.05) is 49.6 Å². The summed E-state index contributed by atoms with van der Waals surface area (Å²) in [4.78, 5) is -0.104. The Balaban J connectivity index is 0.000000219. The fraction of sp³-hybridized carbons (Fsp3) is 0. The maximum absolute atomic E-state index is 10.6. The van der Waals surface area contributed by atoms with Crippen molar-refractivity contribution in [3.8, 4) is 0 Å². The minimum Gasteiger partial charge on any atom is -0.399 e. The molecule has 0 unspecified atom stereocenters. The third-order valence-electron chi connectivity index (χ3n) is 2.59. The van der Waals surface area contributed by atoms with Crippen LogP contribution in [0.5, 0.6) is 0 Å². The van der Waals surface area contributed by atoms with Gasteiger partial charge >= 0.3 is 0 Å². The summed E-state index contributed by atoms with van der Waals surface area (Å²) in [5.74, 6) is 0. The van der Waals surface area contributed by atoms with Gasteiger partial charge in [0.15, 0.2) is 0 Å². The van der Waals surface area contributed by atoms with Crippen LogP contribution in [0.25, 0.3) is 12.2 Å². The van der Waals surface area contributed by atoms with Crippen LogP contribution in [0.15, 0.2) is 66.6 Å². The van der Waals surface area contributed by atoms with Gasteiger partial charge in [-0.25, -0.2) is 0 Å². The van der Waals surface area contributed by atoms with E-state index in [1.54, 1.807) is 24.3 Å². The van der Waals surface area contributed by atoms with Crippen LogP contribution in [0.2, 0.25) is 0 Å². The highest BCUT2D eigenvalue weighted by atomic mass is 32.2. The Morgan fingerprint density at radius 3 is 1.57 bits per heavy atom. The Labute approximate surface area is 125 Å². The zero-order valence-electron chi connectivity index (χ0n) is 11.4. The molecule has 0 heterocycles. The molecule has 0 saturated heterocycles. The van der Waals surface area contributed by atoms with Crippen molar-refractivity contribution in [2.75, 3.05) is 5.73 Å². The topological polar surface area (TPSA) is 80.4 Å². The molecule has 2 aromatic carbocycles. The number of hydrogen-bond acceptors (Lipinski definition) is 3. The summed E-state index contributed by atoms with van der Waals surface area (Å²) in [5, 5.41) is 0. The Hall–Kier alpha value is -2.37. The smallest absolute Gasteiger partial charge is 0.294 e. The number of nitrogen functional groups attached to an aromatic ring is 1. The Kier molecular flexibility index (Phi) is 5.90. The van der Waals surface area contributed by atoms with Gasteiger partial charge in [-0.2, -0.15) is 8.42 Å². The number of rotatable bonds is 3. The van der Waals surface area contributed by atoms with Crippen LogP contribution in [-0.4, -0.2) is 13.0 Å². The number of anilines is 1. The molecule has 0 saturated carbocycles. The van der Waals surface area contributed by atoms with Crippen molar-refractivity contribution in [1.29, 1.82) is 0 Å². The first-order chi connectivity index (χ1) is 9.86. The second-order valence-corrected chi connectivity index (χ2v) is 5.54. The summed E-state index contributed by atoms with van der Waals surface area (Å²) in [6.07, 6.45) is 3.38. The standard InChI is InChI=1S/C8H9N.C8H8O3S/c1-2-7-3-5-8(9)6-4-7;1-2-7-3-5-8(6-4-7)12(9,10)11/h2-6H,1,9H2;2-6H,1H2,(H,9,10,11). The van der Waals surface area contributed by atoms with E-state index in [-0.39, 0.29) is 4.90 Å². The summed E-state index contributed by atoms with van der Waals surface area (Å²) >= 11 is 0. The third kappa shape index (κ3) is 5.64.